The second kappa shape index (κ2) is 10.4. The molecule has 0 saturated carbocycles. The fraction of sp³-hybridized carbons (Fsp3) is 0.344. The Morgan fingerprint density at radius 1 is 1.00 bits per heavy atom. The van der Waals surface area contributed by atoms with E-state index < -0.39 is 12.1 Å². The van der Waals surface area contributed by atoms with Gasteiger partial charge in [-0.1, -0.05) is 6.07 Å². The molecule has 0 radical (unpaired) electrons. The Balaban J connectivity index is 1.28. The van der Waals surface area contributed by atoms with Crippen LogP contribution in [0.2, 0.25) is 0 Å². The molecule has 202 valence electrons. The van der Waals surface area contributed by atoms with Crippen molar-refractivity contribution in [2.75, 3.05) is 13.2 Å². The Bertz CT molecular complexity index is 1530. The minimum Gasteiger partial charge on any atom is -0.490 e. The predicted octanol–water partition coefficient (Wildman–Crippen LogP) is 7.11. The SMILES string of the molecule is Cc1cc(OC2CCOCC2)cc(C)c1-c1ccc(F)c2c1CC[C@H]2Oc1ccc2c(CC(=O)O)coc2c1. The molecule has 2 heterocycles. The van der Waals surface area contributed by atoms with Gasteiger partial charge in [-0.25, -0.2) is 4.39 Å². The summed E-state index contributed by atoms with van der Waals surface area (Å²) in [6.45, 7) is 5.61. The number of ether oxygens (including phenoxy) is 3. The summed E-state index contributed by atoms with van der Waals surface area (Å²) >= 11 is 0. The van der Waals surface area contributed by atoms with Crippen molar-refractivity contribution < 1.29 is 32.9 Å². The van der Waals surface area contributed by atoms with Gasteiger partial charge in [-0.3, -0.25) is 4.79 Å². The summed E-state index contributed by atoms with van der Waals surface area (Å²) in [6, 6.07) is 12.9. The van der Waals surface area contributed by atoms with Crippen LogP contribution >= 0.6 is 0 Å². The fourth-order valence-electron chi connectivity index (χ4n) is 6.03. The number of rotatable bonds is 7. The number of furan rings is 1. The Kier molecular flexibility index (Phi) is 6.77. The van der Waals surface area contributed by atoms with Crippen molar-refractivity contribution in [2.45, 2.75) is 58.2 Å². The highest BCUT2D eigenvalue weighted by Gasteiger charge is 2.31. The number of aliphatic carboxylic acids is 1. The van der Waals surface area contributed by atoms with Crippen LogP contribution < -0.4 is 9.47 Å². The average Bonchev–Trinajstić information content (AvgIpc) is 3.50. The molecule has 4 aromatic rings. The number of carbonyl (C=O) groups is 1. The van der Waals surface area contributed by atoms with Gasteiger partial charge < -0.3 is 23.7 Å². The van der Waals surface area contributed by atoms with Gasteiger partial charge in [0.25, 0.3) is 0 Å². The summed E-state index contributed by atoms with van der Waals surface area (Å²) in [5.74, 6) is 0.233. The van der Waals surface area contributed by atoms with E-state index in [1.54, 1.807) is 18.2 Å². The lowest BCUT2D eigenvalue weighted by Gasteiger charge is -2.24. The number of halogens is 1. The van der Waals surface area contributed by atoms with E-state index in [4.69, 9.17) is 23.7 Å². The molecule has 7 heteroatoms. The monoisotopic (exact) mass is 530 g/mol. The van der Waals surface area contributed by atoms with Crippen molar-refractivity contribution in [2.24, 2.45) is 0 Å². The molecule has 6 rings (SSSR count). The molecule has 1 N–H and O–H groups in total. The number of benzene rings is 3. The zero-order valence-corrected chi connectivity index (χ0v) is 22.1. The number of hydrogen-bond donors (Lipinski definition) is 1. The normalized spacial score (nSPS) is 17.4. The van der Waals surface area contributed by atoms with E-state index in [2.05, 4.69) is 26.0 Å². The van der Waals surface area contributed by atoms with Crippen LogP contribution in [0.4, 0.5) is 4.39 Å². The van der Waals surface area contributed by atoms with Crippen LogP contribution in [-0.4, -0.2) is 30.4 Å². The number of aryl methyl sites for hydroxylation is 2. The maximum atomic E-state index is 15.3. The molecule has 2 aliphatic rings. The van der Waals surface area contributed by atoms with Crippen molar-refractivity contribution in [1.82, 2.24) is 0 Å². The third kappa shape index (κ3) is 4.99. The van der Waals surface area contributed by atoms with E-state index in [0.29, 0.717) is 35.3 Å². The highest BCUT2D eigenvalue weighted by atomic mass is 19.1. The zero-order valence-electron chi connectivity index (χ0n) is 22.1. The standard InChI is InChI=1S/C32H31FO6/c1-18-13-23(38-21-9-11-36-12-10-21)14-19(2)31(18)25-5-7-27(33)32-26(25)6-8-28(32)39-22-3-4-24-20(15-30(34)35)17-37-29(24)16-22/h3-5,7,13-14,16-17,21,28H,6,8-12,15H2,1-2H3,(H,34,35)/t28-/m1/s1. The van der Waals surface area contributed by atoms with Gasteiger partial charge in [0.1, 0.15) is 35.1 Å². The van der Waals surface area contributed by atoms with Crippen molar-refractivity contribution in [3.8, 4) is 22.6 Å². The number of carboxylic acids is 1. The Morgan fingerprint density at radius 2 is 1.77 bits per heavy atom. The van der Waals surface area contributed by atoms with Crippen molar-refractivity contribution in [3.05, 3.63) is 82.4 Å². The molecule has 1 saturated heterocycles. The summed E-state index contributed by atoms with van der Waals surface area (Å²) in [5, 5.41) is 9.85. The molecular formula is C32H31FO6. The average molecular weight is 531 g/mol. The number of fused-ring (bicyclic) bond motifs is 2. The van der Waals surface area contributed by atoms with Crippen LogP contribution in [-0.2, 0) is 22.4 Å². The van der Waals surface area contributed by atoms with Crippen LogP contribution in [0.25, 0.3) is 22.1 Å². The summed E-state index contributed by atoms with van der Waals surface area (Å²) in [7, 11) is 0. The molecule has 0 unspecified atom stereocenters. The van der Waals surface area contributed by atoms with Gasteiger partial charge in [0.15, 0.2) is 0 Å². The molecule has 0 spiro atoms. The minimum atomic E-state index is -0.918. The second-order valence-corrected chi connectivity index (χ2v) is 10.5. The van der Waals surface area contributed by atoms with Gasteiger partial charge in [0.2, 0.25) is 0 Å². The summed E-state index contributed by atoms with van der Waals surface area (Å²) in [4.78, 5) is 11.1. The smallest absolute Gasteiger partial charge is 0.307 e. The van der Waals surface area contributed by atoms with E-state index in [1.165, 1.54) is 12.3 Å². The lowest BCUT2D eigenvalue weighted by Crippen LogP contribution is -2.25. The van der Waals surface area contributed by atoms with Crippen LogP contribution in [0.1, 0.15) is 53.2 Å². The molecule has 1 aliphatic heterocycles. The summed E-state index contributed by atoms with van der Waals surface area (Å²) < 4.78 is 38.8. The second-order valence-electron chi connectivity index (χ2n) is 10.5. The topological polar surface area (TPSA) is 78.1 Å². The Labute approximate surface area is 226 Å². The largest absolute Gasteiger partial charge is 0.490 e. The van der Waals surface area contributed by atoms with Gasteiger partial charge >= 0.3 is 5.97 Å². The van der Waals surface area contributed by atoms with E-state index in [1.807, 2.05) is 6.07 Å². The van der Waals surface area contributed by atoms with Gasteiger partial charge in [-0.15, -0.1) is 0 Å². The first-order valence-corrected chi connectivity index (χ1v) is 13.4. The Morgan fingerprint density at radius 3 is 2.51 bits per heavy atom. The summed E-state index contributed by atoms with van der Waals surface area (Å²) in [6.07, 6.45) is 4.24. The molecule has 3 aromatic carbocycles. The summed E-state index contributed by atoms with van der Waals surface area (Å²) in [5.41, 5.74) is 7.06. The maximum Gasteiger partial charge on any atom is 0.307 e. The van der Waals surface area contributed by atoms with Crippen LogP contribution in [0.15, 0.2) is 53.1 Å². The van der Waals surface area contributed by atoms with E-state index in [9.17, 15) is 4.79 Å². The number of carboxylic acid groups (broad SMARTS) is 1. The fourth-order valence-corrected chi connectivity index (χ4v) is 6.03. The van der Waals surface area contributed by atoms with E-state index in [0.717, 1.165) is 65.0 Å². The first-order valence-electron chi connectivity index (χ1n) is 13.4. The molecule has 0 amide bonds. The lowest BCUT2D eigenvalue weighted by molar-refractivity contribution is -0.136. The van der Waals surface area contributed by atoms with Crippen molar-refractivity contribution in [3.63, 3.8) is 0 Å². The number of hydrogen-bond acceptors (Lipinski definition) is 5. The third-order valence-corrected chi connectivity index (χ3v) is 7.78. The van der Waals surface area contributed by atoms with E-state index >= 15 is 4.39 Å². The molecule has 6 nitrogen and oxygen atoms in total. The Hall–Kier alpha value is -3.84. The molecule has 1 aromatic heterocycles. The molecule has 1 atom stereocenters. The first kappa shape index (κ1) is 25.4. The molecule has 1 aliphatic carbocycles. The van der Waals surface area contributed by atoms with Gasteiger partial charge in [-0.2, -0.15) is 0 Å². The van der Waals surface area contributed by atoms with Crippen LogP contribution in [0, 0.1) is 19.7 Å². The third-order valence-electron chi connectivity index (χ3n) is 7.78. The molecule has 0 bridgehead atoms. The van der Waals surface area contributed by atoms with Crippen LogP contribution in [0.3, 0.4) is 0 Å². The minimum absolute atomic E-state index is 0.112. The van der Waals surface area contributed by atoms with Crippen molar-refractivity contribution in [1.29, 1.82) is 0 Å². The maximum absolute atomic E-state index is 15.3. The predicted molar refractivity (Wildman–Crippen MR) is 145 cm³/mol. The van der Waals surface area contributed by atoms with Crippen LogP contribution in [0.5, 0.6) is 11.5 Å². The highest BCUT2D eigenvalue weighted by molar-refractivity contribution is 5.86. The first-order chi connectivity index (χ1) is 18.9. The van der Waals surface area contributed by atoms with Gasteiger partial charge in [0.05, 0.1) is 25.9 Å². The molecular weight excluding hydrogens is 499 g/mol. The van der Waals surface area contributed by atoms with Gasteiger partial charge in [-0.05, 0) is 84.8 Å². The zero-order chi connectivity index (χ0) is 27.1. The highest BCUT2D eigenvalue weighted by Crippen LogP contribution is 2.44. The van der Waals surface area contributed by atoms with E-state index in [-0.39, 0.29) is 18.3 Å². The van der Waals surface area contributed by atoms with Gasteiger partial charge in [0, 0.05) is 35.4 Å². The molecule has 39 heavy (non-hydrogen) atoms. The quantitative estimate of drug-likeness (QED) is 0.274. The molecule has 1 fully saturated rings. The lowest BCUT2D eigenvalue weighted by atomic mass is 9.90. The van der Waals surface area contributed by atoms with Crippen molar-refractivity contribution >= 4 is 16.9 Å².